The molecule has 4 heterocycles. The van der Waals surface area contributed by atoms with Crippen LogP contribution in [0.4, 0.5) is 17.6 Å². The second kappa shape index (κ2) is 9.83. The van der Waals surface area contributed by atoms with Crippen molar-refractivity contribution >= 4 is 11.8 Å². The van der Waals surface area contributed by atoms with Crippen LogP contribution in [-0.4, -0.2) is 74.0 Å². The molecular formula is C25H29F4N5O4. The minimum absolute atomic E-state index is 0.0530. The molecule has 2 bridgehead atoms. The maximum Gasteiger partial charge on any atom is 0.417 e. The van der Waals surface area contributed by atoms with E-state index in [9.17, 15) is 32.3 Å². The van der Waals surface area contributed by atoms with E-state index in [1.807, 2.05) is 0 Å². The first-order chi connectivity index (χ1) is 18.0. The number of ether oxygens (including phenoxy) is 1. The first-order valence-electron chi connectivity index (χ1n) is 12.7. The molecule has 5 rings (SSSR count). The van der Waals surface area contributed by atoms with Gasteiger partial charge in [-0.05, 0) is 57.4 Å². The molecule has 2 saturated heterocycles. The minimum Gasteiger partial charge on any atom is -0.481 e. The second-order valence-corrected chi connectivity index (χ2v) is 10.5. The maximum atomic E-state index is 14.3. The summed E-state index contributed by atoms with van der Waals surface area (Å²) in [6, 6.07) is 2.12. The number of alkyl halides is 3. The quantitative estimate of drug-likeness (QED) is 0.502. The van der Waals surface area contributed by atoms with Crippen LogP contribution in [0.3, 0.4) is 0 Å². The van der Waals surface area contributed by atoms with Crippen molar-refractivity contribution in [2.24, 2.45) is 5.92 Å². The number of aromatic amines is 1. The molecule has 1 aliphatic carbocycles. The molecule has 13 heteroatoms. The molecule has 1 saturated carbocycles. The average molecular weight is 540 g/mol. The number of hydrogen-bond donors (Lipinski definition) is 3. The monoisotopic (exact) mass is 539 g/mol. The zero-order chi connectivity index (χ0) is 27.2. The van der Waals surface area contributed by atoms with Gasteiger partial charge in [-0.3, -0.25) is 14.7 Å². The summed E-state index contributed by atoms with van der Waals surface area (Å²) in [5.74, 6) is -1.26. The van der Waals surface area contributed by atoms with Crippen LogP contribution >= 0.6 is 0 Å². The van der Waals surface area contributed by atoms with Crippen molar-refractivity contribution in [2.75, 3.05) is 7.11 Å². The normalized spacial score (nSPS) is 29.3. The number of fused-ring (bicyclic) bond motifs is 2. The van der Waals surface area contributed by atoms with Crippen LogP contribution < -0.4 is 10.1 Å². The Kier molecular flexibility index (Phi) is 6.82. The van der Waals surface area contributed by atoms with E-state index in [4.69, 9.17) is 4.74 Å². The summed E-state index contributed by atoms with van der Waals surface area (Å²) in [5.41, 5.74) is -2.09. The van der Waals surface area contributed by atoms with E-state index in [1.165, 1.54) is 19.2 Å². The molecule has 3 N–H and O–H groups in total. The summed E-state index contributed by atoms with van der Waals surface area (Å²) in [6.07, 6.45) is -2.09. The Labute approximate surface area is 215 Å². The van der Waals surface area contributed by atoms with Gasteiger partial charge in [0.2, 0.25) is 11.8 Å². The number of piperidine rings is 1. The van der Waals surface area contributed by atoms with Crippen LogP contribution in [0.25, 0.3) is 11.3 Å². The Morgan fingerprint density at radius 3 is 2.42 bits per heavy atom. The van der Waals surface area contributed by atoms with E-state index in [1.54, 1.807) is 4.90 Å². The lowest BCUT2D eigenvalue weighted by atomic mass is 9.81. The molecule has 0 spiro atoms. The van der Waals surface area contributed by atoms with Gasteiger partial charge in [-0.2, -0.15) is 18.3 Å². The third-order valence-corrected chi connectivity index (χ3v) is 8.15. The van der Waals surface area contributed by atoms with E-state index < -0.39 is 36.5 Å². The van der Waals surface area contributed by atoms with Gasteiger partial charge in [-0.25, -0.2) is 9.37 Å². The third-order valence-electron chi connectivity index (χ3n) is 8.15. The zero-order valence-electron chi connectivity index (χ0n) is 20.7. The molecule has 0 aromatic carbocycles. The summed E-state index contributed by atoms with van der Waals surface area (Å²) < 4.78 is 58.5. The number of halogens is 4. The second-order valence-electron chi connectivity index (χ2n) is 10.5. The van der Waals surface area contributed by atoms with Crippen LogP contribution in [0.1, 0.15) is 61.9 Å². The Morgan fingerprint density at radius 2 is 1.82 bits per heavy atom. The lowest BCUT2D eigenvalue weighted by Crippen LogP contribution is -2.53. The topological polar surface area (TPSA) is 120 Å². The van der Waals surface area contributed by atoms with Gasteiger partial charge in [0.25, 0.3) is 5.91 Å². The first-order valence-corrected chi connectivity index (χ1v) is 12.7. The highest BCUT2D eigenvalue weighted by Gasteiger charge is 2.55. The lowest BCUT2D eigenvalue weighted by Gasteiger charge is -2.40. The Morgan fingerprint density at radius 1 is 1.16 bits per heavy atom. The smallest absolute Gasteiger partial charge is 0.417 e. The highest BCUT2D eigenvalue weighted by molar-refractivity contribution is 5.94. The molecule has 3 fully saturated rings. The SMILES string of the molecule is COc1cc(-c2cc(C(=O)N3[C@@H]4CC[C@H]3CC(C(=O)NC3CCC(O)(C(F)(F)F)CC3)C4)n[nH]2)c(F)cn1. The number of aromatic nitrogens is 3. The van der Waals surface area contributed by atoms with E-state index in [-0.39, 0.29) is 59.8 Å². The van der Waals surface area contributed by atoms with Gasteiger partial charge in [0.1, 0.15) is 0 Å². The standard InChI is InChI=1S/C25H29F4N5O4/c1-38-21-10-17(18(26)12-30-21)19-11-20(33-32-19)23(36)34-15-2-3-16(34)9-13(8-15)22(35)31-14-4-6-24(37,7-5-14)25(27,28)29/h10-16,37H,2-9H2,1H3,(H,31,35)(H,32,33)/t13?,14?,15-,16+,24?. The zero-order valence-corrected chi connectivity index (χ0v) is 20.7. The molecule has 2 aromatic heterocycles. The van der Waals surface area contributed by atoms with Crippen molar-refractivity contribution < 1.29 is 37.0 Å². The third kappa shape index (κ3) is 4.83. The van der Waals surface area contributed by atoms with Gasteiger partial charge < -0.3 is 20.1 Å². The summed E-state index contributed by atoms with van der Waals surface area (Å²) in [6.45, 7) is 0. The predicted octanol–water partition coefficient (Wildman–Crippen LogP) is 3.35. The molecule has 1 unspecified atom stereocenters. The highest BCUT2D eigenvalue weighted by atomic mass is 19.4. The van der Waals surface area contributed by atoms with E-state index >= 15 is 0 Å². The fourth-order valence-electron chi connectivity index (χ4n) is 6.00. The number of hydrogen-bond acceptors (Lipinski definition) is 6. The van der Waals surface area contributed by atoms with Gasteiger partial charge in [0.05, 0.1) is 19.0 Å². The van der Waals surface area contributed by atoms with Crippen LogP contribution in [0.2, 0.25) is 0 Å². The molecular weight excluding hydrogens is 510 g/mol. The molecule has 2 aliphatic heterocycles. The summed E-state index contributed by atoms with van der Waals surface area (Å²) >= 11 is 0. The minimum atomic E-state index is -4.69. The van der Waals surface area contributed by atoms with E-state index in [0.717, 1.165) is 19.0 Å². The molecule has 9 nitrogen and oxygen atoms in total. The van der Waals surface area contributed by atoms with Crippen molar-refractivity contribution in [1.29, 1.82) is 0 Å². The Hall–Kier alpha value is -3.22. The highest BCUT2D eigenvalue weighted by Crippen LogP contribution is 2.42. The largest absolute Gasteiger partial charge is 0.481 e. The van der Waals surface area contributed by atoms with Gasteiger partial charge in [0.15, 0.2) is 17.1 Å². The molecule has 38 heavy (non-hydrogen) atoms. The average Bonchev–Trinajstić information content (AvgIpc) is 3.47. The number of carbonyl (C=O) groups is 2. The number of pyridine rings is 1. The summed E-state index contributed by atoms with van der Waals surface area (Å²) in [5, 5.41) is 19.5. The van der Waals surface area contributed by atoms with E-state index in [0.29, 0.717) is 18.5 Å². The Bertz CT molecular complexity index is 1200. The van der Waals surface area contributed by atoms with Gasteiger partial charge >= 0.3 is 6.18 Å². The number of carbonyl (C=O) groups excluding carboxylic acids is 2. The first kappa shape index (κ1) is 26.4. The number of aliphatic hydroxyl groups is 1. The number of H-pyrrole nitrogens is 1. The number of amides is 2. The molecule has 2 aromatic rings. The Balaban J connectivity index is 1.20. The summed E-state index contributed by atoms with van der Waals surface area (Å²) in [7, 11) is 1.41. The van der Waals surface area contributed by atoms with Gasteiger partial charge in [-0.15, -0.1) is 0 Å². The van der Waals surface area contributed by atoms with Crippen molar-refractivity contribution in [3.8, 4) is 17.1 Å². The number of rotatable bonds is 5. The molecule has 2 amide bonds. The lowest BCUT2D eigenvalue weighted by molar-refractivity contribution is -0.270. The van der Waals surface area contributed by atoms with Crippen molar-refractivity contribution in [1.82, 2.24) is 25.4 Å². The van der Waals surface area contributed by atoms with Crippen molar-refractivity contribution in [3.63, 3.8) is 0 Å². The maximum absolute atomic E-state index is 14.3. The number of methoxy groups -OCH3 is 1. The summed E-state index contributed by atoms with van der Waals surface area (Å²) in [4.78, 5) is 31.9. The number of nitrogens with zero attached hydrogens (tertiary/aromatic N) is 3. The van der Waals surface area contributed by atoms with Gasteiger partial charge in [0, 0.05) is 35.7 Å². The van der Waals surface area contributed by atoms with Crippen LogP contribution in [0.5, 0.6) is 5.88 Å². The van der Waals surface area contributed by atoms with Crippen molar-refractivity contribution in [3.05, 3.63) is 29.8 Å². The van der Waals surface area contributed by atoms with E-state index in [2.05, 4.69) is 20.5 Å². The fourth-order valence-corrected chi connectivity index (χ4v) is 6.00. The molecule has 206 valence electrons. The van der Waals surface area contributed by atoms with Crippen LogP contribution in [0, 0.1) is 11.7 Å². The molecule has 3 aliphatic rings. The predicted molar refractivity (Wildman–Crippen MR) is 125 cm³/mol. The molecule has 3 atom stereocenters. The van der Waals surface area contributed by atoms with Crippen molar-refractivity contribution in [2.45, 2.75) is 81.3 Å². The number of nitrogens with one attached hydrogen (secondary N) is 2. The van der Waals surface area contributed by atoms with Gasteiger partial charge in [-0.1, -0.05) is 0 Å². The van der Waals surface area contributed by atoms with Crippen LogP contribution in [0.15, 0.2) is 18.3 Å². The van der Waals surface area contributed by atoms with Crippen LogP contribution in [-0.2, 0) is 4.79 Å². The molecule has 0 radical (unpaired) electrons. The fraction of sp³-hybridized carbons (Fsp3) is 0.600.